The number of rotatable bonds is 13. The molecule has 418 valence electrons. The van der Waals surface area contributed by atoms with Crippen molar-refractivity contribution in [1.29, 1.82) is 0 Å². The maximum absolute atomic E-state index is 13.2. The van der Waals surface area contributed by atoms with Gasteiger partial charge in [-0.15, -0.1) is 0 Å². The van der Waals surface area contributed by atoms with Crippen molar-refractivity contribution in [3.63, 3.8) is 0 Å². The first-order valence-electron chi connectivity index (χ1n) is 26.6. The zero-order chi connectivity index (χ0) is 56.8. The number of piperidine rings is 2. The predicted octanol–water partition coefficient (Wildman–Crippen LogP) is 10.0. The number of carboxylic acids is 1. The number of alkyl halides is 3. The Morgan fingerprint density at radius 1 is 0.600 bits per heavy atom. The molecule has 6 N–H and O–H groups in total. The summed E-state index contributed by atoms with van der Waals surface area (Å²) in [6.07, 6.45) is 5.02. The van der Waals surface area contributed by atoms with Gasteiger partial charge in [-0.05, 0) is 127 Å². The van der Waals surface area contributed by atoms with Crippen LogP contribution in [0.5, 0.6) is 0 Å². The Bertz CT molecular complexity index is 3480. The minimum Gasteiger partial charge on any atom is -0.475 e. The van der Waals surface area contributed by atoms with E-state index in [4.69, 9.17) is 20.4 Å². The summed E-state index contributed by atoms with van der Waals surface area (Å²) in [5, 5.41) is 21.8. The summed E-state index contributed by atoms with van der Waals surface area (Å²) < 4.78 is 40.2. The number of likely N-dealkylation sites (tertiary alicyclic amines) is 2. The van der Waals surface area contributed by atoms with Gasteiger partial charge >= 0.3 is 18.2 Å². The molecule has 0 radical (unpaired) electrons. The number of carboxylic acid groups (broad SMARTS) is 1. The lowest BCUT2D eigenvalue weighted by Crippen LogP contribution is -2.40. The van der Waals surface area contributed by atoms with Crippen molar-refractivity contribution in [3.05, 3.63) is 201 Å². The first kappa shape index (κ1) is 57.8. The summed E-state index contributed by atoms with van der Waals surface area (Å²) in [6.45, 7) is 12.1. The molecule has 8 aromatic rings. The molecule has 4 heterocycles. The van der Waals surface area contributed by atoms with E-state index in [9.17, 15) is 27.6 Å². The molecule has 80 heavy (non-hydrogen) atoms. The van der Waals surface area contributed by atoms with Crippen LogP contribution in [0.4, 0.5) is 29.6 Å². The summed E-state index contributed by atoms with van der Waals surface area (Å²) >= 11 is 0. The number of fused-ring (bicyclic) bond motifs is 2. The minimum absolute atomic E-state index is 0.128. The maximum atomic E-state index is 13.2. The Labute approximate surface area is 462 Å². The second-order valence-electron chi connectivity index (χ2n) is 20.8. The second kappa shape index (κ2) is 26.5. The lowest BCUT2D eigenvalue weighted by molar-refractivity contribution is -0.192. The lowest BCUT2D eigenvalue weighted by atomic mass is 10.0. The molecule has 0 spiro atoms. The Balaban J connectivity index is 0.000000190. The number of hydrogen-bond acceptors (Lipinski definition) is 12. The Morgan fingerprint density at radius 2 is 0.988 bits per heavy atom. The van der Waals surface area contributed by atoms with Crippen molar-refractivity contribution >= 4 is 45.2 Å². The van der Waals surface area contributed by atoms with Crippen molar-refractivity contribution in [1.82, 2.24) is 34.2 Å². The molecule has 0 atom stereocenters. The van der Waals surface area contributed by atoms with Gasteiger partial charge in [0.25, 0.3) is 11.1 Å². The van der Waals surface area contributed by atoms with E-state index in [2.05, 4.69) is 121 Å². The Hall–Kier alpha value is -8.39. The molecule has 1 amide bonds. The molecular formula is C61H67F3N10O6. The normalized spacial score (nSPS) is 14.5. The average Bonchev–Trinajstić information content (AvgIpc) is 3.46. The highest BCUT2D eigenvalue weighted by Gasteiger charge is 2.38. The van der Waals surface area contributed by atoms with Gasteiger partial charge in [-0.2, -0.15) is 13.2 Å². The van der Waals surface area contributed by atoms with E-state index >= 15 is 0 Å². The van der Waals surface area contributed by atoms with E-state index in [-0.39, 0.29) is 23.2 Å². The lowest BCUT2D eigenvalue weighted by Gasteiger charge is -2.32. The molecule has 10 rings (SSSR count). The van der Waals surface area contributed by atoms with Crippen LogP contribution in [0.3, 0.4) is 0 Å². The zero-order valence-electron chi connectivity index (χ0n) is 45.0. The maximum Gasteiger partial charge on any atom is 0.490 e. The van der Waals surface area contributed by atoms with Crippen molar-refractivity contribution < 1.29 is 32.6 Å². The zero-order valence-corrected chi connectivity index (χ0v) is 45.0. The molecule has 19 heteroatoms. The smallest absolute Gasteiger partial charge is 0.475 e. The van der Waals surface area contributed by atoms with Crippen molar-refractivity contribution in [2.45, 2.75) is 96.5 Å². The van der Waals surface area contributed by atoms with Gasteiger partial charge in [-0.3, -0.25) is 28.5 Å². The number of benzene rings is 6. The van der Waals surface area contributed by atoms with Crippen LogP contribution in [0.25, 0.3) is 32.9 Å². The molecule has 2 aromatic heterocycles. The van der Waals surface area contributed by atoms with Gasteiger partial charge in [0.05, 0.1) is 0 Å². The molecule has 0 aliphatic carbocycles. The van der Waals surface area contributed by atoms with Crippen LogP contribution in [0.2, 0.25) is 0 Å². The van der Waals surface area contributed by atoms with E-state index in [0.29, 0.717) is 24.7 Å². The predicted molar refractivity (Wildman–Crippen MR) is 306 cm³/mol. The third-order valence-corrected chi connectivity index (χ3v) is 13.7. The van der Waals surface area contributed by atoms with Crippen molar-refractivity contribution in [2.24, 2.45) is 5.73 Å². The molecule has 2 aliphatic rings. The van der Waals surface area contributed by atoms with E-state index in [1.807, 2.05) is 69.3 Å². The van der Waals surface area contributed by atoms with E-state index in [0.717, 1.165) is 87.5 Å². The number of halogens is 3. The van der Waals surface area contributed by atoms with Gasteiger partial charge in [0.15, 0.2) is 11.6 Å². The van der Waals surface area contributed by atoms with Crippen LogP contribution in [0.1, 0.15) is 68.7 Å². The number of nitrogens with one attached hydrogen (secondary N) is 3. The summed E-state index contributed by atoms with van der Waals surface area (Å²) in [5.41, 5.74) is 11.0. The number of alkyl carbamates (subject to hydrolysis) is 1. The number of anilines is 2. The number of aromatic nitrogens is 4. The molecule has 2 saturated heterocycles. The average molecular weight is 1090 g/mol. The minimum atomic E-state index is -5.08. The number of carbonyl (C=O) groups is 2. The molecule has 0 saturated carbocycles. The standard InChI is InChI=1S/C32H37N5O3.C27H29N5O.C2HF3O2/c1-32(2,3)40-31(39)34-21-23-9-12-28(13-10-23)37-19-16-33-29(30(37)38)35-27-14-17-36(18-15-27)22-24-8-11-25-6-4-5-7-26(25)20-24;28-18-20-6-9-25(10-7-20)32-16-13-29-26(27(32)33)30-24-11-14-31(15-12-24)19-21-5-8-22-3-1-2-4-23(22)17-21;3-2(4,5)1(6)7/h4-13,16,19-20,27H,14-15,17-18,21-22H2,1-3H3,(H,33,35)(H,34,39);1-10,13,16-17,24H,11-12,14-15,18-19,28H2,(H,29,30);(H,6,7). The van der Waals surface area contributed by atoms with Crippen molar-refractivity contribution in [3.8, 4) is 11.4 Å². The number of aliphatic carboxylic acids is 1. The van der Waals surface area contributed by atoms with Gasteiger partial charge in [-0.25, -0.2) is 19.6 Å². The third-order valence-electron chi connectivity index (χ3n) is 13.7. The van der Waals surface area contributed by atoms with Crippen molar-refractivity contribution in [2.75, 3.05) is 36.8 Å². The van der Waals surface area contributed by atoms with Crippen LogP contribution in [-0.4, -0.2) is 96.1 Å². The topological polar surface area (TPSA) is 202 Å². The molecule has 6 aromatic carbocycles. The highest BCUT2D eigenvalue weighted by atomic mass is 19.4. The Morgan fingerprint density at radius 3 is 1.38 bits per heavy atom. The van der Waals surface area contributed by atoms with Gasteiger partial charge in [-0.1, -0.05) is 97.1 Å². The molecule has 2 fully saturated rings. The number of nitrogens with zero attached hydrogens (tertiary/aromatic N) is 6. The fourth-order valence-electron chi connectivity index (χ4n) is 9.53. The molecular weight excluding hydrogens is 1030 g/mol. The summed E-state index contributed by atoms with van der Waals surface area (Å²) in [5.74, 6) is -1.98. The second-order valence-corrected chi connectivity index (χ2v) is 20.8. The fraction of sp³-hybridized carbons (Fsp3) is 0.311. The SMILES string of the molecule is CC(C)(C)OC(=O)NCc1ccc(-n2ccnc(NC3CCN(Cc4ccc5ccccc5c4)CC3)c2=O)cc1.NCc1ccc(-n2ccnc(NC3CCN(Cc4ccc5ccccc5c4)CC3)c2=O)cc1.O=C(O)C(F)(F)F. The first-order chi connectivity index (χ1) is 38.4. The van der Waals surface area contributed by atoms with Crippen LogP contribution >= 0.6 is 0 Å². The van der Waals surface area contributed by atoms with Gasteiger partial charge in [0.2, 0.25) is 0 Å². The highest BCUT2D eigenvalue weighted by molar-refractivity contribution is 5.83. The van der Waals surface area contributed by atoms with Gasteiger partial charge in [0.1, 0.15) is 5.60 Å². The van der Waals surface area contributed by atoms with Crippen LogP contribution in [-0.2, 0) is 35.7 Å². The monoisotopic (exact) mass is 1090 g/mol. The highest BCUT2D eigenvalue weighted by Crippen LogP contribution is 2.23. The first-order valence-corrected chi connectivity index (χ1v) is 26.6. The number of carbonyl (C=O) groups excluding carboxylic acids is 1. The van der Waals surface area contributed by atoms with Gasteiger partial charge in [0, 0.05) is 101 Å². The van der Waals surface area contributed by atoms with Gasteiger partial charge < -0.3 is 31.5 Å². The quantitative estimate of drug-likeness (QED) is 0.0731. The van der Waals surface area contributed by atoms with E-state index in [1.54, 1.807) is 33.9 Å². The number of hydrogen-bond donors (Lipinski definition) is 5. The number of amides is 1. The number of ether oxygens (including phenoxy) is 1. The molecule has 0 unspecified atom stereocenters. The fourth-order valence-corrected chi connectivity index (χ4v) is 9.53. The number of nitrogens with two attached hydrogens (primary N) is 1. The molecule has 16 nitrogen and oxygen atoms in total. The van der Waals surface area contributed by atoms with Crippen LogP contribution < -0.4 is 32.8 Å². The molecule has 2 aliphatic heterocycles. The summed E-state index contributed by atoms with van der Waals surface area (Å²) in [6, 6.07) is 46.0. The molecule has 0 bridgehead atoms. The summed E-state index contributed by atoms with van der Waals surface area (Å²) in [7, 11) is 0. The van der Waals surface area contributed by atoms with E-state index in [1.165, 1.54) is 32.7 Å². The van der Waals surface area contributed by atoms with Crippen LogP contribution in [0.15, 0.2) is 168 Å². The third kappa shape index (κ3) is 16.3. The Kier molecular flexibility index (Phi) is 19.1. The summed E-state index contributed by atoms with van der Waals surface area (Å²) in [4.78, 5) is 60.7. The largest absolute Gasteiger partial charge is 0.490 e. The van der Waals surface area contributed by atoms with Crippen LogP contribution in [0, 0.1) is 0 Å². The van der Waals surface area contributed by atoms with E-state index < -0.39 is 23.8 Å².